The summed E-state index contributed by atoms with van der Waals surface area (Å²) in [7, 11) is 0. The van der Waals surface area contributed by atoms with Crippen LogP contribution in [0.15, 0.2) is 48.5 Å². The largest absolute Gasteiger partial charge is 0.457 e. The molecule has 0 amide bonds. The molecule has 0 fully saturated rings. The van der Waals surface area contributed by atoms with Gasteiger partial charge in [0.15, 0.2) is 0 Å². The summed E-state index contributed by atoms with van der Waals surface area (Å²) >= 11 is 0. The molecule has 2 aromatic carbocycles. The van der Waals surface area contributed by atoms with E-state index < -0.39 is 0 Å². The fourth-order valence-corrected chi connectivity index (χ4v) is 1.74. The summed E-state index contributed by atoms with van der Waals surface area (Å²) in [6.07, 6.45) is 0.420. The van der Waals surface area contributed by atoms with E-state index >= 15 is 0 Å². The zero-order chi connectivity index (χ0) is 13.7. The van der Waals surface area contributed by atoms with E-state index in [0.29, 0.717) is 6.42 Å². The van der Waals surface area contributed by atoms with Gasteiger partial charge in [0.05, 0.1) is 12.5 Å². The van der Waals surface area contributed by atoms with Gasteiger partial charge in [0.1, 0.15) is 11.5 Å². The predicted octanol–water partition coefficient (Wildman–Crippen LogP) is 3.56. The maximum absolute atomic E-state index is 8.60. The van der Waals surface area contributed by atoms with Crippen molar-refractivity contribution in [3.8, 4) is 17.6 Å². The Labute approximate surface area is 113 Å². The van der Waals surface area contributed by atoms with E-state index in [1.165, 1.54) is 0 Å². The zero-order valence-corrected chi connectivity index (χ0v) is 10.8. The summed E-state index contributed by atoms with van der Waals surface area (Å²) in [5.74, 6) is 1.53. The molecule has 0 spiro atoms. The molecule has 0 heterocycles. The van der Waals surface area contributed by atoms with E-state index in [9.17, 15) is 0 Å². The molecule has 3 heteroatoms. The van der Waals surface area contributed by atoms with Crippen LogP contribution < -0.4 is 10.5 Å². The molecule has 3 nitrogen and oxygen atoms in total. The maximum atomic E-state index is 8.60. The summed E-state index contributed by atoms with van der Waals surface area (Å²) < 4.78 is 5.72. The minimum atomic E-state index is 0.0271. The Hall–Kier alpha value is -2.31. The highest BCUT2D eigenvalue weighted by Gasteiger charge is 2.01. The fraction of sp³-hybridized carbons (Fsp3) is 0.188. The molecule has 2 rings (SSSR count). The molecular formula is C16H16N2O. The highest BCUT2D eigenvalue weighted by molar-refractivity contribution is 5.35. The summed E-state index contributed by atoms with van der Waals surface area (Å²) in [5.41, 5.74) is 7.86. The number of hydrogen-bond donors (Lipinski definition) is 1. The fourth-order valence-electron chi connectivity index (χ4n) is 1.74. The van der Waals surface area contributed by atoms with Crippen molar-refractivity contribution in [2.75, 3.05) is 0 Å². The van der Waals surface area contributed by atoms with Crippen LogP contribution in [0, 0.1) is 11.3 Å². The van der Waals surface area contributed by atoms with Crippen LogP contribution in [0.3, 0.4) is 0 Å². The van der Waals surface area contributed by atoms with Crippen LogP contribution in [0.5, 0.6) is 11.5 Å². The third-order valence-electron chi connectivity index (χ3n) is 2.85. The summed E-state index contributed by atoms with van der Waals surface area (Å²) in [6.45, 7) is 1.95. The van der Waals surface area contributed by atoms with Crippen LogP contribution in [0.1, 0.15) is 24.1 Å². The van der Waals surface area contributed by atoms with Crippen molar-refractivity contribution in [1.82, 2.24) is 0 Å². The molecule has 2 aromatic rings. The van der Waals surface area contributed by atoms with Crippen LogP contribution in [-0.2, 0) is 6.42 Å². The minimum absolute atomic E-state index is 0.0271. The van der Waals surface area contributed by atoms with E-state index in [0.717, 1.165) is 22.6 Å². The summed E-state index contributed by atoms with van der Waals surface area (Å²) in [4.78, 5) is 0. The molecule has 0 radical (unpaired) electrons. The van der Waals surface area contributed by atoms with Crippen LogP contribution in [-0.4, -0.2) is 0 Å². The Balaban J connectivity index is 2.06. The van der Waals surface area contributed by atoms with Crippen molar-refractivity contribution >= 4 is 0 Å². The van der Waals surface area contributed by atoms with Crippen LogP contribution in [0.4, 0.5) is 0 Å². The van der Waals surface area contributed by atoms with Crippen molar-refractivity contribution in [3.63, 3.8) is 0 Å². The molecule has 2 N–H and O–H groups in total. The van der Waals surface area contributed by atoms with E-state index in [4.69, 9.17) is 15.7 Å². The van der Waals surface area contributed by atoms with Crippen LogP contribution >= 0.6 is 0 Å². The lowest BCUT2D eigenvalue weighted by atomic mass is 10.1. The molecular weight excluding hydrogens is 236 g/mol. The van der Waals surface area contributed by atoms with Gasteiger partial charge >= 0.3 is 0 Å². The van der Waals surface area contributed by atoms with Crippen molar-refractivity contribution in [3.05, 3.63) is 59.7 Å². The number of benzene rings is 2. The summed E-state index contributed by atoms with van der Waals surface area (Å²) in [6, 6.07) is 17.4. The van der Waals surface area contributed by atoms with Gasteiger partial charge in [-0.3, -0.25) is 0 Å². The van der Waals surface area contributed by atoms with Gasteiger partial charge in [-0.15, -0.1) is 0 Å². The maximum Gasteiger partial charge on any atom is 0.127 e. The van der Waals surface area contributed by atoms with Gasteiger partial charge in [-0.1, -0.05) is 24.3 Å². The van der Waals surface area contributed by atoms with Gasteiger partial charge in [0.25, 0.3) is 0 Å². The SMILES string of the molecule is C[C@@H](N)c1ccc(Oc2ccc(CC#N)cc2)cc1. The first-order valence-corrected chi connectivity index (χ1v) is 6.18. The van der Waals surface area contributed by atoms with Crippen LogP contribution in [0.2, 0.25) is 0 Å². The Bertz CT molecular complexity index is 565. The third-order valence-corrected chi connectivity index (χ3v) is 2.85. The molecule has 0 aliphatic carbocycles. The second-order valence-corrected chi connectivity index (χ2v) is 4.44. The zero-order valence-electron chi connectivity index (χ0n) is 10.8. The molecule has 0 aliphatic heterocycles. The number of ether oxygens (including phenoxy) is 1. The molecule has 1 atom stereocenters. The number of rotatable bonds is 4. The first-order chi connectivity index (χ1) is 9.19. The van der Waals surface area contributed by atoms with Crippen molar-refractivity contribution in [1.29, 1.82) is 5.26 Å². The Morgan fingerprint density at radius 1 is 1.05 bits per heavy atom. The Kier molecular flexibility index (Phi) is 4.17. The van der Waals surface area contributed by atoms with E-state index in [1.54, 1.807) is 0 Å². The molecule has 0 saturated carbocycles. The number of nitriles is 1. The highest BCUT2D eigenvalue weighted by Crippen LogP contribution is 2.23. The average molecular weight is 252 g/mol. The van der Waals surface area contributed by atoms with Crippen molar-refractivity contribution in [2.45, 2.75) is 19.4 Å². The van der Waals surface area contributed by atoms with Gasteiger partial charge in [0, 0.05) is 6.04 Å². The van der Waals surface area contributed by atoms with Crippen molar-refractivity contribution in [2.24, 2.45) is 5.73 Å². The molecule has 0 aliphatic rings. The summed E-state index contributed by atoms with van der Waals surface area (Å²) in [5, 5.41) is 8.60. The Morgan fingerprint density at radius 2 is 1.58 bits per heavy atom. The first kappa shape index (κ1) is 13.1. The highest BCUT2D eigenvalue weighted by atomic mass is 16.5. The topological polar surface area (TPSA) is 59.0 Å². The Morgan fingerprint density at radius 3 is 2.05 bits per heavy atom. The third kappa shape index (κ3) is 3.57. The molecule has 0 aromatic heterocycles. The van der Waals surface area contributed by atoms with Gasteiger partial charge in [-0.25, -0.2) is 0 Å². The smallest absolute Gasteiger partial charge is 0.127 e. The second kappa shape index (κ2) is 6.03. The van der Waals surface area contributed by atoms with Gasteiger partial charge in [0.2, 0.25) is 0 Å². The first-order valence-electron chi connectivity index (χ1n) is 6.18. The molecule has 0 saturated heterocycles. The lowest BCUT2D eigenvalue weighted by Gasteiger charge is -2.09. The van der Waals surface area contributed by atoms with E-state index in [1.807, 2.05) is 55.5 Å². The molecule has 19 heavy (non-hydrogen) atoms. The van der Waals surface area contributed by atoms with Crippen LogP contribution in [0.25, 0.3) is 0 Å². The van der Waals surface area contributed by atoms with E-state index in [-0.39, 0.29) is 6.04 Å². The lowest BCUT2D eigenvalue weighted by Crippen LogP contribution is -2.04. The van der Waals surface area contributed by atoms with Crippen molar-refractivity contribution < 1.29 is 4.74 Å². The number of hydrogen-bond acceptors (Lipinski definition) is 3. The second-order valence-electron chi connectivity index (χ2n) is 4.44. The monoisotopic (exact) mass is 252 g/mol. The lowest BCUT2D eigenvalue weighted by molar-refractivity contribution is 0.482. The molecule has 0 unspecified atom stereocenters. The predicted molar refractivity (Wildman–Crippen MR) is 74.9 cm³/mol. The standard InChI is InChI=1S/C16H16N2O/c1-12(18)14-4-8-16(9-5-14)19-15-6-2-13(3-7-15)10-11-17/h2-9,12H,10,18H2,1H3/t12-/m1/s1. The molecule has 96 valence electrons. The minimum Gasteiger partial charge on any atom is -0.457 e. The van der Waals surface area contributed by atoms with Gasteiger partial charge in [-0.2, -0.15) is 5.26 Å². The normalized spacial score (nSPS) is 11.6. The number of nitrogens with two attached hydrogens (primary N) is 1. The van der Waals surface area contributed by atoms with Gasteiger partial charge in [-0.05, 0) is 42.3 Å². The quantitative estimate of drug-likeness (QED) is 0.905. The number of nitrogens with zero attached hydrogens (tertiary/aromatic N) is 1. The average Bonchev–Trinajstić information content (AvgIpc) is 2.42. The van der Waals surface area contributed by atoms with Gasteiger partial charge < -0.3 is 10.5 Å². The molecule has 0 bridgehead atoms. The van der Waals surface area contributed by atoms with E-state index in [2.05, 4.69) is 6.07 Å².